The fraction of sp³-hybridized carbons (Fsp3) is 0.368. The molecule has 0 atom stereocenters. The van der Waals surface area contributed by atoms with E-state index in [0.717, 1.165) is 24.4 Å². The third kappa shape index (κ3) is 5.19. The second kappa shape index (κ2) is 8.85. The van der Waals surface area contributed by atoms with Gasteiger partial charge in [0.25, 0.3) is 5.78 Å². The van der Waals surface area contributed by atoms with Crippen LogP contribution in [-0.4, -0.2) is 51.4 Å². The Hall–Kier alpha value is -2.61. The predicted molar refractivity (Wildman–Crippen MR) is 108 cm³/mol. The van der Waals surface area contributed by atoms with Crippen molar-refractivity contribution in [3.63, 3.8) is 0 Å². The van der Waals surface area contributed by atoms with Crippen LogP contribution in [0.2, 0.25) is 0 Å². The average molecular weight is 385 g/mol. The summed E-state index contributed by atoms with van der Waals surface area (Å²) in [5, 5.41) is 7.91. The number of hydrogen-bond acceptors (Lipinski definition) is 6. The number of anilines is 1. The largest absolute Gasteiger partial charge is 0.375 e. The fourth-order valence-electron chi connectivity index (χ4n) is 2.75. The molecule has 0 radical (unpaired) electrons. The van der Waals surface area contributed by atoms with Crippen LogP contribution >= 0.6 is 11.8 Å². The van der Waals surface area contributed by atoms with E-state index in [2.05, 4.69) is 44.5 Å². The smallest absolute Gasteiger partial charge is 0.253 e. The average Bonchev–Trinajstić information content (AvgIpc) is 3.07. The van der Waals surface area contributed by atoms with Crippen molar-refractivity contribution in [2.75, 3.05) is 30.8 Å². The number of thioether (sulfide) groups is 1. The maximum absolute atomic E-state index is 12.0. The first kappa shape index (κ1) is 19.2. The zero-order chi connectivity index (χ0) is 19.2. The van der Waals surface area contributed by atoms with Gasteiger partial charge in [-0.2, -0.15) is 4.98 Å². The summed E-state index contributed by atoms with van der Waals surface area (Å²) in [5.74, 6) is 0.852. The van der Waals surface area contributed by atoms with Gasteiger partial charge < -0.3 is 10.2 Å². The minimum absolute atomic E-state index is 0.0120. The van der Waals surface area contributed by atoms with E-state index in [4.69, 9.17) is 0 Å². The number of benzene rings is 1. The van der Waals surface area contributed by atoms with Crippen LogP contribution in [0, 0.1) is 13.8 Å². The van der Waals surface area contributed by atoms with E-state index < -0.39 is 0 Å². The van der Waals surface area contributed by atoms with Gasteiger partial charge in [-0.05, 0) is 38.5 Å². The van der Waals surface area contributed by atoms with E-state index in [1.165, 1.54) is 17.4 Å². The van der Waals surface area contributed by atoms with E-state index in [-0.39, 0.29) is 5.91 Å². The Morgan fingerprint density at radius 2 is 2.00 bits per heavy atom. The fourth-order valence-corrected chi connectivity index (χ4v) is 3.39. The zero-order valence-electron chi connectivity index (χ0n) is 15.8. The van der Waals surface area contributed by atoms with Crippen LogP contribution < -0.4 is 10.2 Å². The molecular weight excluding hydrogens is 360 g/mol. The van der Waals surface area contributed by atoms with Crippen LogP contribution in [0.15, 0.2) is 41.6 Å². The molecular formula is C19H24N6OS. The van der Waals surface area contributed by atoms with Crippen molar-refractivity contribution in [3.8, 4) is 0 Å². The highest BCUT2D eigenvalue weighted by atomic mass is 32.2. The third-order valence-corrected chi connectivity index (χ3v) is 4.96. The number of carbonyl (C=O) groups excluding carboxylic acids is 1. The van der Waals surface area contributed by atoms with Gasteiger partial charge in [-0.15, -0.1) is 5.10 Å². The van der Waals surface area contributed by atoms with Crippen molar-refractivity contribution in [2.45, 2.75) is 25.4 Å². The van der Waals surface area contributed by atoms with E-state index in [9.17, 15) is 4.79 Å². The van der Waals surface area contributed by atoms with Gasteiger partial charge in [-0.3, -0.25) is 4.79 Å². The molecule has 8 heteroatoms. The SMILES string of the molecule is Cc1cc(C)n2nc(SCC(=O)NCCCN(C)c3ccccc3)nc2n1. The standard InChI is InChI=1S/C19H24N6OS/c1-14-12-15(2)25-18(21-14)22-19(23-25)27-13-17(26)20-10-7-11-24(3)16-8-5-4-6-9-16/h4-6,8-9,12H,7,10-11,13H2,1-3H3,(H,20,26). The number of nitrogens with one attached hydrogen (secondary N) is 1. The Morgan fingerprint density at radius 3 is 2.78 bits per heavy atom. The molecule has 0 saturated carbocycles. The summed E-state index contributed by atoms with van der Waals surface area (Å²) in [6.07, 6.45) is 0.886. The normalized spacial score (nSPS) is 10.9. The van der Waals surface area contributed by atoms with Gasteiger partial charge in [0.05, 0.1) is 5.75 Å². The molecule has 27 heavy (non-hydrogen) atoms. The quantitative estimate of drug-likeness (QED) is 0.475. The summed E-state index contributed by atoms with van der Waals surface area (Å²) in [5.41, 5.74) is 3.06. The van der Waals surface area contributed by atoms with Crippen LogP contribution in [0.1, 0.15) is 17.8 Å². The van der Waals surface area contributed by atoms with Gasteiger partial charge in [0.2, 0.25) is 11.1 Å². The number of fused-ring (bicyclic) bond motifs is 1. The lowest BCUT2D eigenvalue weighted by atomic mass is 10.3. The summed E-state index contributed by atoms with van der Waals surface area (Å²) in [6.45, 7) is 5.42. The maximum Gasteiger partial charge on any atom is 0.253 e. The van der Waals surface area contributed by atoms with E-state index >= 15 is 0 Å². The number of hydrogen-bond donors (Lipinski definition) is 1. The van der Waals surface area contributed by atoms with Crippen molar-refractivity contribution in [1.29, 1.82) is 0 Å². The van der Waals surface area contributed by atoms with Crippen LogP contribution in [0.4, 0.5) is 5.69 Å². The molecule has 0 aliphatic rings. The molecule has 3 aromatic rings. The Balaban J connectivity index is 1.40. The predicted octanol–water partition coefficient (Wildman–Crippen LogP) is 2.48. The van der Waals surface area contributed by atoms with Crippen molar-refractivity contribution in [3.05, 3.63) is 47.8 Å². The lowest BCUT2D eigenvalue weighted by Gasteiger charge is -2.19. The summed E-state index contributed by atoms with van der Waals surface area (Å²) >= 11 is 1.32. The Morgan fingerprint density at radius 1 is 1.22 bits per heavy atom. The van der Waals surface area contributed by atoms with Crippen LogP contribution in [0.5, 0.6) is 0 Å². The van der Waals surface area contributed by atoms with Crippen molar-refractivity contribution < 1.29 is 4.79 Å². The minimum Gasteiger partial charge on any atom is -0.375 e. The van der Waals surface area contributed by atoms with E-state index in [1.54, 1.807) is 4.52 Å². The van der Waals surface area contributed by atoms with Crippen molar-refractivity contribution in [1.82, 2.24) is 24.9 Å². The second-order valence-electron chi connectivity index (χ2n) is 6.39. The first-order valence-electron chi connectivity index (χ1n) is 8.89. The molecule has 7 nitrogen and oxygen atoms in total. The minimum atomic E-state index is -0.0120. The van der Waals surface area contributed by atoms with Gasteiger partial charge >= 0.3 is 0 Å². The third-order valence-electron chi connectivity index (χ3n) is 4.12. The van der Waals surface area contributed by atoms with Gasteiger partial charge in [-0.1, -0.05) is 30.0 Å². The van der Waals surface area contributed by atoms with Crippen LogP contribution in [0.25, 0.3) is 5.78 Å². The molecule has 0 aliphatic heterocycles. The number of rotatable bonds is 8. The first-order valence-corrected chi connectivity index (χ1v) is 9.88. The first-order chi connectivity index (χ1) is 13.0. The lowest BCUT2D eigenvalue weighted by molar-refractivity contribution is -0.118. The van der Waals surface area contributed by atoms with Gasteiger partial charge in [-0.25, -0.2) is 9.50 Å². The molecule has 1 aromatic carbocycles. The van der Waals surface area contributed by atoms with E-state index in [1.807, 2.05) is 38.1 Å². The van der Waals surface area contributed by atoms with E-state index in [0.29, 0.717) is 23.2 Å². The molecule has 2 aromatic heterocycles. The molecule has 0 unspecified atom stereocenters. The summed E-state index contributed by atoms with van der Waals surface area (Å²) in [7, 11) is 2.06. The molecule has 3 rings (SSSR count). The Labute approximate surface area is 163 Å². The molecule has 142 valence electrons. The molecule has 2 heterocycles. The molecule has 0 spiro atoms. The molecule has 0 aliphatic carbocycles. The monoisotopic (exact) mass is 384 g/mol. The number of para-hydroxylation sites is 1. The second-order valence-corrected chi connectivity index (χ2v) is 7.34. The Kier molecular flexibility index (Phi) is 6.28. The Bertz CT molecular complexity index is 911. The summed E-state index contributed by atoms with van der Waals surface area (Å²) in [4.78, 5) is 23.0. The molecule has 0 fully saturated rings. The van der Waals surface area contributed by atoms with Gasteiger partial charge in [0.15, 0.2) is 0 Å². The van der Waals surface area contributed by atoms with Gasteiger partial charge in [0, 0.05) is 37.2 Å². The molecule has 0 saturated heterocycles. The highest BCUT2D eigenvalue weighted by Gasteiger charge is 2.10. The number of nitrogens with zero attached hydrogens (tertiary/aromatic N) is 5. The topological polar surface area (TPSA) is 75.4 Å². The van der Waals surface area contributed by atoms with Crippen molar-refractivity contribution in [2.24, 2.45) is 0 Å². The zero-order valence-corrected chi connectivity index (χ0v) is 16.7. The molecule has 1 N–H and O–H groups in total. The van der Waals surface area contributed by atoms with Crippen LogP contribution in [0.3, 0.4) is 0 Å². The summed E-state index contributed by atoms with van der Waals surface area (Å²) < 4.78 is 1.70. The number of aromatic nitrogens is 4. The molecule has 1 amide bonds. The highest BCUT2D eigenvalue weighted by Crippen LogP contribution is 2.15. The molecule has 0 bridgehead atoms. The lowest BCUT2D eigenvalue weighted by Crippen LogP contribution is -2.29. The van der Waals surface area contributed by atoms with Crippen LogP contribution in [-0.2, 0) is 4.79 Å². The maximum atomic E-state index is 12.0. The highest BCUT2D eigenvalue weighted by molar-refractivity contribution is 7.99. The summed E-state index contributed by atoms with van der Waals surface area (Å²) in [6, 6.07) is 12.2. The number of aryl methyl sites for hydroxylation is 2. The number of amides is 1. The van der Waals surface area contributed by atoms with Gasteiger partial charge in [0.1, 0.15) is 0 Å². The number of carbonyl (C=O) groups is 1. The van der Waals surface area contributed by atoms with Crippen molar-refractivity contribution >= 4 is 29.1 Å².